The molecule has 2 aromatic carbocycles. The van der Waals surface area contributed by atoms with Gasteiger partial charge >= 0.3 is 0 Å². The van der Waals surface area contributed by atoms with E-state index in [1.807, 2.05) is 36.4 Å². The van der Waals surface area contributed by atoms with Crippen LogP contribution in [0.5, 0.6) is 5.75 Å². The lowest BCUT2D eigenvalue weighted by molar-refractivity contribution is 0.0374. The third kappa shape index (κ3) is 6.51. The van der Waals surface area contributed by atoms with Crippen LogP contribution in [0.4, 0.5) is 0 Å². The minimum absolute atomic E-state index is 0.310. The molecule has 0 amide bonds. The molecule has 3 rings (SSSR count). The molecule has 7 heteroatoms. The van der Waals surface area contributed by atoms with Gasteiger partial charge in [0.05, 0.1) is 13.2 Å². The predicted octanol–water partition coefficient (Wildman–Crippen LogP) is 5.04. The number of halogens is 3. The average molecular weight is 444 g/mol. The summed E-state index contributed by atoms with van der Waals surface area (Å²) in [6.07, 6.45) is 1.09. The van der Waals surface area contributed by atoms with Crippen molar-refractivity contribution in [3.8, 4) is 5.75 Å². The van der Waals surface area contributed by atoms with Crippen molar-refractivity contribution < 1.29 is 9.47 Å². The third-order valence-corrected chi connectivity index (χ3v) is 5.65. The van der Waals surface area contributed by atoms with E-state index in [9.17, 15) is 0 Å². The van der Waals surface area contributed by atoms with Gasteiger partial charge in [-0.3, -0.25) is 4.90 Å². The van der Waals surface area contributed by atoms with Crippen LogP contribution in [-0.2, 0) is 17.9 Å². The number of nitrogens with one attached hydrogen (secondary N) is 1. The zero-order valence-electron chi connectivity index (χ0n) is 15.7. The number of benzene rings is 2. The first-order valence-electron chi connectivity index (χ1n) is 9.48. The fraction of sp³-hybridized carbons (Fsp3) is 0.429. The van der Waals surface area contributed by atoms with Gasteiger partial charge in [-0.25, -0.2) is 0 Å². The molecule has 0 aliphatic carbocycles. The number of hydrogen-bond donors (Lipinski definition) is 1. The van der Waals surface area contributed by atoms with Crippen molar-refractivity contribution in [3.05, 3.63) is 62.6 Å². The van der Waals surface area contributed by atoms with Gasteiger partial charge in [0.25, 0.3) is 0 Å². The molecule has 0 atom stereocenters. The minimum Gasteiger partial charge on any atom is -0.488 e. The Hall–Kier alpha value is -1.01. The molecule has 1 heterocycles. The van der Waals surface area contributed by atoms with Crippen molar-refractivity contribution >= 4 is 34.8 Å². The summed E-state index contributed by atoms with van der Waals surface area (Å²) in [6, 6.07) is 11.1. The van der Waals surface area contributed by atoms with Gasteiger partial charge in [0.15, 0.2) is 0 Å². The Bertz CT molecular complexity index is 747. The molecule has 152 valence electrons. The van der Waals surface area contributed by atoms with Crippen molar-refractivity contribution in [1.29, 1.82) is 0 Å². The van der Waals surface area contributed by atoms with Gasteiger partial charge < -0.3 is 14.8 Å². The zero-order valence-corrected chi connectivity index (χ0v) is 18.0. The Morgan fingerprint density at radius 1 is 1.04 bits per heavy atom. The number of nitrogens with zero attached hydrogens (tertiary/aromatic N) is 1. The maximum absolute atomic E-state index is 6.23. The molecular formula is C21H25Cl3N2O2. The van der Waals surface area contributed by atoms with E-state index >= 15 is 0 Å². The first-order chi connectivity index (χ1) is 13.6. The third-order valence-electron chi connectivity index (χ3n) is 4.70. The highest BCUT2D eigenvalue weighted by Gasteiger charge is 2.11. The van der Waals surface area contributed by atoms with Crippen molar-refractivity contribution in [1.82, 2.24) is 10.2 Å². The molecule has 0 bridgehead atoms. The summed E-state index contributed by atoms with van der Waals surface area (Å²) in [5.74, 6) is 0.779. The van der Waals surface area contributed by atoms with Crippen LogP contribution in [0.3, 0.4) is 0 Å². The molecule has 1 aliphatic heterocycles. The molecule has 0 aromatic heterocycles. The summed E-state index contributed by atoms with van der Waals surface area (Å²) in [5.41, 5.74) is 1.80. The molecule has 0 unspecified atom stereocenters. The molecule has 0 spiro atoms. The summed E-state index contributed by atoms with van der Waals surface area (Å²) >= 11 is 18.6. The van der Waals surface area contributed by atoms with E-state index in [1.54, 1.807) is 0 Å². The fourth-order valence-electron chi connectivity index (χ4n) is 3.12. The maximum Gasteiger partial charge on any atom is 0.124 e. The first kappa shape index (κ1) is 21.7. The molecule has 1 N–H and O–H groups in total. The van der Waals surface area contributed by atoms with Crippen molar-refractivity contribution in [2.75, 3.05) is 39.4 Å². The normalized spacial score (nSPS) is 15.0. The van der Waals surface area contributed by atoms with Gasteiger partial charge in [0.1, 0.15) is 12.4 Å². The Balaban J connectivity index is 1.50. The largest absolute Gasteiger partial charge is 0.488 e. The van der Waals surface area contributed by atoms with Gasteiger partial charge in [-0.2, -0.15) is 0 Å². The highest BCUT2D eigenvalue weighted by atomic mass is 35.5. The van der Waals surface area contributed by atoms with Gasteiger partial charge in [-0.05, 0) is 49.8 Å². The quantitative estimate of drug-likeness (QED) is 0.551. The highest BCUT2D eigenvalue weighted by molar-refractivity contribution is 6.36. The molecule has 2 aromatic rings. The van der Waals surface area contributed by atoms with E-state index < -0.39 is 0 Å². The van der Waals surface area contributed by atoms with Crippen LogP contribution in [0.1, 0.15) is 17.5 Å². The van der Waals surface area contributed by atoms with Crippen LogP contribution in [-0.4, -0.2) is 44.3 Å². The fourth-order valence-corrected chi connectivity index (χ4v) is 3.82. The lowest BCUT2D eigenvalue weighted by Gasteiger charge is -2.26. The van der Waals surface area contributed by atoms with Crippen LogP contribution in [0.2, 0.25) is 15.1 Å². The number of rotatable bonds is 9. The lowest BCUT2D eigenvalue weighted by atomic mass is 10.2. The highest BCUT2D eigenvalue weighted by Crippen LogP contribution is 2.28. The van der Waals surface area contributed by atoms with E-state index in [2.05, 4.69) is 10.2 Å². The SMILES string of the molecule is Clc1ccc(OCc2c(Cl)cccc2Cl)c(CNCCCN2CCOCC2)c1. The minimum atomic E-state index is 0.310. The van der Waals surface area contributed by atoms with E-state index in [-0.39, 0.29) is 0 Å². The molecular weight excluding hydrogens is 419 g/mol. The monoisotopic (exact) mass is 442 g/mol. The second kappa shape index (κ2) is 11.2. The van der Waals surface area contributed by atoms with Crippen LogP contribution in [0, 0.1) is 0 Å². The number of morpholine rings is 1. The van der Waals surface area contributed by atoms with Crippen LogP contribution >= 0.6 is 34.8 Å². The molecule has 28 heavy (non-hydrogen) atoms. The molecule has 1 aliphatic rings. The number of ether oxygens (including phenoxy) is 2. The van der Waals surface area contributed by atoms with Crippen LogP contribution in [0.25, 0.3) is 0 Å². The Morgan fingerprint density at radius 2 is 1.79 bits per heavy atom. The molecule has 0 radical (unpaired) electrons. The molecule has 4 nitrogen and oxygen atoms in total. The summed E-state index contributed by atoms with van der Waals surface area (Å²) in [5, 5.41) is 5.37. The Morgan fingerprint density at radius 3 is 2.54 bits per heavy atom. The summed E-state index contributed by atoms with van der Waals surface area (Å²) in [7, 11) is 0. The molecule has 0 saturated carbocycles. The smallest absolute Gasteiger partial charge is 0.124 e. The van der Waals surface area contributed by atoms with Crippen molar-refractivity contribution in [2.24, 2.45) is 0 Å². The average Bonchev–Trinajstić information content (AvgIpc) is 2.69. The van der Waals surface area contributed by atoms with E-state index in [0.717, 1.165) is 62.7 Å². The van der Waals surface area contributed by atoms with Crippen molar-refractivity contribution in [2.45, 2.75) is 19.6 Å². The van der Waals surface area contributed by atoms with Crippen LogP contribution < -0.4 is 10.1 Å². The van der Waals surface area contributed by atoms with Gasteiger partial charge in [0.2, 0.25) is 0 Å². The van der Waals surface area contributed by atoms with Gasteiger partial charge in [-0.1, -0.05) is 40.9 Å². The summed E-state index contributed by atoms with van der Waals surface area (Å²) in [4.78, 5) is 2.44. The summed E-state index contributed by atoms with van der Waals surface area (Å²) in [6.45, 7) is 6.74. The second-order valence-electron chi connectivity index (χ2n) is 6.73. The predicted molar refractivity (Wildman–Crippen MR) is 116 cm³/mol. The lowest BCUT2D eigenvalue weighted by Crippen LogP contribution is -2.37. The zero-order chi connectivity index (χ0) is 19.8. The standard InChI is InChI=1S/C21H25Cl3N2O2/c22-17-5-6-21(28-15-18-19(23)3-1-4-20(18)24)16(13-17)14-25-7-2-8-26-9-11-27-12-10-26/h1,3-6,13,25H,2,7-12,14-15H2. The summed E-state index contributed by atoms with van der Waals surface area (Å²) < 4.78 is 11.4. The Kier molecular flexibility index (Phi) is 8.71. The van der Waals surface area contributed by atoms with Gasteiger partial charge in [-0.15, -0.1) is 0 Å². The molecule has 1 fully saturated rings. The first-order valence-corrected chi connectivity index (χ1v) is 10.6. The van der Waals surface area contributed by atoms with E-state index in [1.165, 1.54) is 0 Å². The second-order valence-corrected chi connectivity index (χ2v) is 7.98. The molecule has 1 saturated heterocycles. The van der Waals surface area contributed by atoms with Crippen LogP contribution in [0.15, 0.2) is 36.4 Å². The van der Waals surface area contributed by atoms with Crippen molar-refractivity contribution in [3.63, 3.8) is 0 Å². The number of hydrogen-bond acceptors (Lipinski definition) is 4. The Labute approximate surface area is 181 Å². The van der Waals surface area contributed by atoms with Gasteiger partial charge in [0, 0.05) is 45.8 Å². The van der Waals surface area contributed by atoms with E-state index in [4.69, 9.17) is 44.3 Å². The topological polar surface area (TPSA) is 33.7 Å². The maximum atomic E-state index is 6.23. The van der Waals surface area contributed by atoms with E-state index in [0.29, 0.717) is 28.2 Å².